The second kappa shape index (κ2) is 9.85. The normalized spacial score (nSPS) is 15.5. The van der Waals surface area contributed by atoms with Gasteiger partial charge in [-0.1, -0.05) is 6.07 Å². The molecule has 9 nitrogen and oxygen atoms in total. The molecule has 0 aromatic heterocycles. The molecule has 164 valence electrons. The van der Waals surface area contributed by atoms with Gasteiger partial charge in [0.05, 0.1) is 0 Å². The number of carbonyl (C=O) groups is 3. The van der Waals surface area contributed by atoms with Crippen molar-refractivity contribution >= 4 is 29.3 Å². The second-order valence-electron chi connectivity index (χ2n) is 6.72. The van der Waals surface area contributed by atoms with Gasteiger partial charge in [0.25, 0.3) is 5.91 Å². The number of nitrogens with two attached hydrogens (primary N) is 1. The molecule has 1 unspecified atom stereocenters. The Balaban J connectivity index is 1.77. The maximum absolute atomic E-state index is 13.4. The van der Waals surface area contributed by atoms with E-state index < -0.39 is 35.8 Å². The van der Waals surface area contributed by atoms with Crippen molar-refractivity contribution in [3.8, 4) is 0 Å². The lowest BCUT2D eigenvalue weighted by Gasteiger charge is -2.29. The monoisotopic (exact) mass is 432 g/mol. The third kappa shape index (κ3) is 5.45. The van der Waals surface area contributed by atoms with Crippen LogP contribution in [-0.4, -0.2) is 60.1 Å². The molecule has 3 rings (SSSR count). The van der Waals surface area contributed by atoms with Crippen LogP contribution in [0.1, 0.15) is 0 Å². The molecule has 0 saturated carbocycles. The molecule has 1 aliphatic heterocycles. The second-order valence-corrected chi connectivity index (χ2v) is 6.72. The first-order valence-corrected chi connectivity index (χ1v) is 9.53. The number of amides is 5. The molecule has 1 fully saturated rings. The molecule has 5 N–H and O–H groups in total. The van der Waals surface area contributed by atoms with Gasteiger partial charge < -0.3 is 21.7 Å². The number of nitrogens with one attached hydrogen (secondary N) is 3. The molecule has 1 saturated heterocycles. The highest BCUT2D eigenvalue weighted by atomic mass is 19.1. The van der Waals surface area contributed by atoms with E-state index in [1.54, 1.807) is 0 Å². The molecular weight excluding hydrogens is 410 g/mol. The van der Waals surface area contributed by atoms with Crippen LogP contribution >= 0.6 is 0 Å². The zero-order chi connectivity index (χ0) is 22.4. The van der Waals surface area contributed by atoms with Gasteiger partial charge in [-0.25, -0.2) is 18.4 Å². The van der Waals surface area contributed by atoms with Gasteiger partial charge in [-0.2, -0.15) is 0 Å². The Bertz CT molecular complexity index is 956. The van der Waals surface area contributed by atoms with Crippen molar-refractivity contribution in [2.24, 2.45) is 5.73 Å². The first-order chi connectivity index (χ1) is 14.9. The zero-order valence-electron chi connectivity index (χ0n) is 16.5. The first kappa shape index (κ1) is 22.0. The Morgan fingerprint density at radius 3 is 2.10 bits per heavy atom. The van der Waals surface area contributed by atoms with Gasteiger partial charge in [0, 0.05) is 37.6 Å². The lowest BCUT2D eigenvalue weighted by molar-refractivity contribution is -0.127. The average molecular weight is 432 g/mol. The van der Waals surface area contributed by atoms with E-state index in [1.165, 1.54) is 52.3 Å². The molecule has 2 aromatic carbocycles. The van der Waals surface area contributed by atoms with Crippen LogP contribution in [-0.2, 0) is 4.79 Å². The smallest absolute Gasteiger partial charge is 0.323 e. The van der Waals surface area contributed by atoms with Crippen molar-refractivity contribution in [2.75, 3.05) is 36.8 Å². The number of nitrogens with zero attached hydrogens (tertiary/aromatic N) is 2. The highest BCUT2D eigenvalue weighted by molar-refractivity contribution is 5.98. The number of hydrogen-bond donors (Lipinski definition) is 4. The van der Waals surface area contributed by atoms with Crippen molar-refractivity contribution in [2.45, 2.75) is 6.17 Å². The zero-order valence-corrected chi connectivity index (χ0v) is 16.5. The Labute approximate surface area is 177 Å². The predicted octanol–water partition coefficient (Wildman–Crippen LogP) is 1.75. The third-order valence-electron chi connectivity index (χ3n) is 4.54. The maximum Gasteiger partial charge on any atom is 0.323 e. The Hall–Kier alpha value is -3.73. The number of rotatable bonds is 5. The molecule has 5 amide bonds. The number of urea groups is 2. The number of carbonyl (C=O) groups excluding carboxylic acids is 3. The first-order valence-electron chi connectivity index (χ1n) is 9.53. The lowest BCUT2D eigenvalue weighted by atomic mass is 10.3. The minimum Gasteiger partial charge on any atom is -0.351 e. The lowest BCUT2D eigenvalue weighted by Crippen LogP contribution is -2.55. The van der Waals surface area contributed by atoms with Crippen molar-refractivity contribution in [3.05, 3.63) is 60.2 Å². The summed E-state index contributed by atoms with van der Waals surface area (Å²) in [6.07, 6.45) is -1.25. The fourth-order valence-corrected chi connectivity index (χ4v) is 3.11. The van der Waals surface area contributed by atoms with Gasteiger partial charge in [-0.05, 0) is 42.5 Å². The molecule has 0 aliphatic carbocycles. The summed E-state index contributed by atoms with van der Waals surface area (Å²) in [7, 11) is 0. The largest absolute Gasteiger partial charge is 0.351 e. The van der Waals surface area contributed by atoms with Crippen LogP contribution in [0.3, 0.4) is 0 Å². The van der Waals surface area contributed by atoms with Gasteiger partial charge in [0.2, 0.25) is 0 Å². The van der Waals surface area contributed by atoms with Crippen LogP contribution < -0.4 is 21.7 Å². The Kier molecular flexibility index (Phi) is 6.98. The van der Waals surface area contributed by atoms with Crippen LogP contribution in [0.4, 0.5) is 29.7 Å². The summed E-state index contributed by atoms with van der Waals surface area (Å²) in [5.41, 5.74) is 5.97. The van der Waals surface area contributed by atoms with Crippen LogP contribution in [0.15, 0.2) is 48.5 Å². The number of benzene rings is 2. The molecule has 1 heterocycles. The summed E-state index contributed by atoms with van der Waals surface area (Å²) in [6.45, 7) is 0.473. The fourth-order valence-electron chi connectivity index (χ4n) is 3.11. The molecule has 0 bridgehead atoms. The Morgan fingerprint density at radius 2 is 1.52 bits per heavy atom. The summed E-state index contributed by atoms with van der Waals surface area (Å²) in [5.74, 6) is -1.58. The Morgan fingerprint density at radius 1 is 0.903 bits per heavy atom. The van der Waals surface area contributed by atoms with E-state index in [4.69, 9.17) is 5.73 Å². The van der Waals surface area contributed by atoms with Crippen LogP contribution in [0.5, 0.6) is 0 Å². The molecule has 11 heteroatoms. The quantitative estimate of drug-likeness (QED) is 0.575. The molecule has 1 atom stereocenters. The predicted molar refractivity (Wildman–Crippen MR) is 110 cm³/mol. The van der Waals surface area contributed by atoms with Crippen molar-refractivity contribution in [1.82, 2.24) is 15.1 Å². The topological polar surface area (TPSA) is 120 Å². The van der Waals surface area contributed by atoms with Crippen molar-refractivity contribution in [1.29, 1.82) is 0 Å². The minimum atomic E-state index is -1.25. The van der Waals surface area contributed by atoms with E-state index in [0.29, 0.717) is 5.69 Å². The molecule has 31 heavy (non-hydrogen) atoms. The summed E-state index contributed by atoms with van der Waals surface area (Å²) in [5, 5.41) is 7.67. The number of anilines is 2. The molecule has 2 aromatic rings. The SMILES string of the molecule is NCCNC(=O)C1N(C(=O)Nc2ccc(F)cc2)CCN1C(=O)Nc1cccc(F)c1. The summed E-state index contributed by atoms with van der Waals surface area (Å²) in [4.78, 5) is 40.6. The highest BCUT2D eigenvalue weighted by Gasteiger charge is 2.42. The van der Waals surface area contributed by atoms with E-state index in [2.05, 4.69) is 16.0 Å². The standard InChI is InChI=1S/C20H22F2N6O3/c21-13-4-6-15(7-5-13)25-19(30)27-10-11-28(18(27)17(29)24-9-8-23)20(31)26-16-3-1-2-14(22)12-16/h1-7,12,18H,8-11,23H2,(H,24,29)(H,25,30)(H,26,31). The van der Waals surface area contributed by atoms with Crippen LogP contribution in [0, 0.1) is 11.6 Å². The van der Waals surface area contributed by atoms with Gasteiger partial charge in [-0.15, -0.1) is 0 Å². The summed E-state index contributed by atoms with van der Waals surface area (Å²) in [6, 6.07) is 9.11. The van der Waals surface area contributed by atoms with Crippen molar-refractivity contribution in [3.63, 3.8) is 0 Å². The van der Waals surface area contributed by atoms with E-state index >= 15 is 0 Å². The molecular formula is C20H22F2N6O3. The summed E-state index contributed by atoms with van der Waals surface area (Å²) >= 11 is 0. The van der Waals surface area contributed by atoms with E-state index in [1.807, 2.05) is 0 Å². The fraction of sp³-hybridized carbons (Fsp3) is 0.250. The van der Waals surface area contributed by atoms with Gasteiger partial charge in [-0.3, -0.25) is 14.6 Å². The third-order valence-corrected chi connectivity index (χ3v) is 4.54. The number of hydrogen-bond acceptors (Lipinski definition) is 4. The van der Waals surface area contributed by atoms with Gasteiger partial charge >= 0.3 is 12.1 Å². The molecule has 0 radical (unpaired) electrons. The van der Waals surface area contributed by atoms with Crippen LogP contribution in [0.2, 0.25) is 0 Å². The van der Waals surface area contributed by atoms with E-state index in [9.17, 15) is 23.2 Å². The maximum atomic E-state index is 13.4. The molecule has 0 spiro atoms. The molecule has 1 aliphatic rings. The van der Waals surface area contributed by atoms with Crippen molar-refractivity contribution < 1.29 is 23.2 Å². The summed E-state index contributed by atoms with van der Waals surface area (Å²) < 4.78 is 26.5. The number of halogens is 2. The van der Waals surface area contributed by atoms with Crippen LogP contribution in [0.25, 0.3) is 0 Å². The minimum absolute atomic E-state index is 0.0682. The highest BCUT2D eigenvalue weighted by Crippen LogP contribution is 2.20. The van der Waals surface area contributed by atoms with Gasteiger partial charge in [0.15, 0.2) is 6.17 Å². The van der Waals surface area contributed by atoms with E-state index in [-0.39, 0.29) is 31.9 Å². The van der Waals surface area contributed by atoms with Gasteiger partial charge in [0.1, 0.15) is 11.6 Å². The average Bonchev–Trinajstić information content (AvgIpc) is 3.19. The van der Waals surface area contributed by atoms with E-state index in [0.717, 1.165) is 6.07 Å².